The number of benzene rings is 2. The van der Waals surface area contributed by atoms with E-state index in [1.165, 1.54) is 18.2 Å². The van der Waals surface area contributed by atoms with Gasteiger partial charge in [0.1, 0.15) is 23.0 Å². The molecule has 130 valence electrons. The van der Waals surface area contributed by atoms with Crippen LogP contribution >= 0.6 is 0 Å². The highest BCUT2D eigenvalue weighted by Crippen LogP contribution is 2.23. The van der Waals surface area contributed by atoms with Crippen LogP contribution in [0, 0.1) is 5.82 Å². The van der Waals surface area contributed by atoms with Crippen LogP contribution in [0.4, 0.5) is 4.39 Å². The number of furan rings is 1. The number of aliphatic carboxylic acids is 1. The molecule has 1 heterocycles. The molecule has 5 nitrogen and oxygen atoms in total. The minimum Gasteiger partial charge on any atom is -0.477 e. The lowest BCUT2D eigenvalue weighted by molar-refractivity contribution is -0.132. The molecule has 1 aromatic heterocycles. The number of halogens is 1. The predicted octanol–water partition coefficient (Wildman–Crippen LogP) is 3.94. The molecule has 0 spiro atoms. The predicted molar refractivity (Wildman–Crippen MR) is 93.6 cm³/mol. The maximum absolute atomic E-state index is 13.0. The summed E-state index contributed by atoms with van der Waals surface area (Å²) in [6.45, 7) is 0. The second kappa shape index (κ2) is 7.48. The lowest BCUT2D eigenvalue weighted by Crippen LogP contribution is -2.27. The van der Waals surface area contributed by atoms with Crippen molar-refractivity contribution in [2.75, 3.05) is 0 Å². The monoisotopic (exact) mass is 351 g/mol. The van der Waals surface area contributed by atoms with E-state index in [1.54, 1.807) is 54.6 Å². The number of carbonyl (C=O) groups is 2. The van der Waals surface area contributed by atoms with Crippen LogP contribution in [0.3, 0.4) is 0 Å². The van der Waals surface area contributed by atoms with Crippen LogP contribution in [-0.4, -0.2) is 17.0 Å². The zero-order valence-corrected chi connectivity index (χ0v) is 13.5. The van der Waals surface area contributed by atoms with Gasteiger partial charge in [-0.2, -0.15) is 0 Å². The molecule has 3 aromatic rings. The summed E-state index contributed by atoms with van der Waals surface area (Å²) in [6, 6.07) is 17.2. The average molecular weight is 351 g/mol. The third-order valence-electron chi connectivity index (χ3n) is 3.56. The van der Waals surface area contributed by atoms with Crippen LogP contribution in [0.2, 0.25) is 0 Å². The van der Waals surface area contributed by atoms with Gasteiger partial charge in [-0.05, 0) is 48.5 Å². The van der Waals surface area contributed by atoms with Gasteiger partial charge in [-0.15, -0.1) is 0 Å². The van der Waals surface area contributed by atoms with E-state index in [9.17, 15) is 19.1 Å². The fraction of sp³-hybridized carbons (Fsp3) is 0. The minimum atomic E-state index is -1.30. The Morgan fingerprint density at radius 1 is 0.962 bits per heavy atom. The third kappa shape index (κ3) is 4.05. The fourth-order valence-corrected chi connectivity index (χ4v) is 2.28. The maximum Gasteiger partial charge on any atom is 0.352 e. The Kier molecular flexibility index (Phi) is 4.94. The highest BCUT2D eigenvalue weighted by Gasteiger charge is 2.14. The molecule has 0 saturated heterocycles. The zero-order valence-electron chi connectivity index (χ0n) is 13.5. The first-order chi connectivity index (χ1) is 12.5. The standard InChI is InChI=1S/C20H14FNO4/c21-15-8-6-13(7-9-15)18-11-10-16(26-18)12-17(20(24)25)22-19(23)14-4-2-1-3-5-14/h1-12H,(H,22,23)(H,24,25). The molecule has 26 heavy (non-hydrogen) atoms. The van der Waals surface area contributed by atoms with Crippen molar-refractivity contribution in [3.8, 4) is 11.3 Å². The second-order valence-corrected chi connectivity index (χ2v) is 5.39. The van der Waals surface area contributed by atoms with Crippen molar-refractivity contribution >= 4 is 18.0 Å². The maximum atomic E-state index is 13.0. The van der Waals surface area contributed by atoms with Crippen LogP contribution in [0.15, 0.2) is 76.8 Å². The van der Waals surface area contributed by atoms with Crippen molar-refractivity contribution in [2.24, 2.45) is 0 Å². The van der Waals surface area contributed by atoms with Gasteiger partial charge in [-0.1, -0.05) is 18.2 Å². The van der Waals surface area contributed by atoms with E-state index >= 15 is 0 Å². The van der Waals surface area contributed by atoms with E-state index in [4.69, 9.17) is 4.42 Å². The molecule has 0 saturated carbocycles. The number of nitrogens with one attached hydrogen (secondary N) is 1. The van der Waals surface area contributed by atoms with Crippen molar-refractivity contribution in [2.45, 2.75) is 0 Å². The van der Waals surface area contributed by atoms with E-state index in [1.807, 2.05) is 0 Å². The van der Waals surface area contributed by atoms with Crippen molar-refractivity contribution in [3.05, 3.63) is 89.6 Å². The molecule has 0 aliphatic carbocycles. The van der Waals surface area contributed by atoms with Crippen molar-refractivity contribution < 1.29 is 23.5 Å². The van der Waals surface area contributed by atoms with E-state index in [2.05, 4.69) is 5.32 Å². The molecule has 6 heteroatoms. The van der Waals surface area contributed by atoms with Gasteiger partial charge >= 0.3 is 5.97 Å². The summed E-state index contributed by atoms with van der Waals surface area (Å²) < 4.78 is 18.5. The fourth-order valence-electron chi connectivity index (χ4n) is 2.28. The summed E-state index contributed by atoms with van der Waals surface area (Å²) in [5.41, 5.74) is 0.668. The molecule has 0 bridgehead atoms. The van der Waals surface area contributed by atoms with Crippen molar-refractivity contribution in [1.82, 2.24) is 5.32 Å². The van der Waals surface area contributed by atoms with Gasteiger partial charge in [0, 0.05) is 17.2 Å². The molecular weight excluding hydrogens is 337 g/mol. The second-order valence-electron chi connectivity index (χ2n) is 5.39. The molecule has 0 fully saturated rings. The van der Waals surface area contributed by atoms with Crippen molar-refractivity contribution in [3.63, 3.8) is 0 Å². The number of rotatable bonds is 5. The van der Waals surface area contributed by atoms with Crippen LogP contribution in [0.1, 0.15) is 16.1 Å². The number of carboxylic acids is 1. The lowest BCUT2D eigenvalue weighted by atomic mass is 10.2. The lowest BCUT2D eigenvalue weighted by Gasteiger charge is -2.05. The molecule has 0 atom stereocenters. The smallest absolute Gasteiger partial charge is 0.352 e. The number of hydrogen-bond donors (Lipinski definition) is 2. The summed E-state index contributed by atoms with van der Waals surface area (Å²) in [6.07, 6.45) is 1.22. The normalized spacial score (nSPS) is 11.2. The van der Waals surface area contributed by atoms with Crippen LogP contribution in [-0.2, 0) is 4.79 Å². The Bertz CT molecular complexity index is 959. The molecular formula is C20H14FNO4. The Morgan fingerprint density at radius 2 is 1.65 bits per heavy atom. The first-order valence-electron chi connectivity index (χ1n) is 7.70. The third-order valence-corrected chi connectivity index (χ3v) is 3.56. The number of carboxylic acid groups (broad SMARTS) is 1. The largest absolute Gasteiger partial charge is 0.477 e. The minimum absolute atomic E-state index is 0.245. The van der Waals surface area contributed by atoms with Gasteiger partial charge in [0.05, 0.1) is 0 Å². The molecule has 0 aliphatic heterocycles. The molecule has 2 aromatic carbocycles. The SMILES string of the molecule is O=C(O)C(=Cc1ccc(-c2ccc(F)cc2)o1)NC(=O)c1ccccc1. The Hall–Kier alpha value is -3.67. The van der Waals surface area contributed by atoms with Gasteiger partial charge in [0.2, 0.25) is 0 Å². The number of amides is 1. The number of hydrogen-bond acceptors (Lipinski definition) is 3. The van der Waals surface area contributed by atoms with E-state index < -0.39 is 11.9 Å². The van der Waals surface area contributed by atoms with Crippen LogP contribution < -0.4 is 5.32 Å². The Balaban J connectivity index is 1.82. The quantitative estimate of drug-likeness (QED) is 0.683. The van der Waals surface area contributed by atoms with E-state index in [-0.39, 0.29) is 17.3 Å². The van der Waals surface area contributed by atoms with Crippen LogP contribution in [0.25, 0.3) is 17.4 Å². The summed E-state index contributed by atoms with van der Waals surface area (Å²) in [5, 5.41) is 11.7. The number of carbonyl (C=O) groups excluding carboxylic acids is 1. The van der Waals surface area contributed by atoms with Gasteiger partial charge < -0.3 is 14.8 Å². The summed E-state index contributed by atoms with van der Waals surface area (Å²) >= 11 is 0. The highest BCUT2D eigenvalue weighted by atomic mass is 19.1. The Labute approximate surface area is 148 Å². The first-order valence-corrected chi connectivity index (χ1v) is 7.70. The zero-order chi connectivity index (χ0) is 18.5. The molecule has 2 N–H and O–H groups in total. The molecule has 0 aliphatic rings. The van der Waals surface area contributed by atoms with Gasteiger partial charge in [0.15, 0.2) is 0 Å². The topological polar surface area (TPSA) is 79.5 Å². The van der Waals surface area contributed by atoms with Crippen molar-refractivity contribution in [1.29, 1.82) is 0 Å². The van der Waals surface area contributed by atoms with Gasteiger partial charge in [0.25, 0.3) is 5.91 Å². The van der Waals surface area contributed by atoms with E-state index in [0.29, 0.717) is 16.9 Å². The molecule has 1 amide bonds. The summed E-state index contributed by atoms with van der Waals surface area (Å²) in [7, 11) is 0. The molecule has 0 unspecified atom stereocenters. The van der Waals surface area contributed by atoms with Crippen LogP contribution in [0.5, 0.6) is 0 Å². The summed E-state index contributed by atoms with van der Waals surface area (Å²) in [5.74, 6) is -1.50. The first kappa shape index (κ1) is 17.2. The molecule has 3 rings (SSSR count). The van der Waals surface area contributed by atoms with Gasteiger partial charge in [-0.3, -0.25) is 4.79 Å². The van der Waals surface area contributed by atoms with Gasteiger partial charge in [-0.25, -0.2) is 9.18 Å². The Morgan fingerprint density at radius 3 is 2.31 bits per heavy atom. The average Bonchev–Trinajstić information content (AvgIpc) is 3.11. The molecule has 0 radical (unpaired) electrons. The summed E-state index contributed by atoms with van der Waals surface area (Å²) in [4.78, 5) is 23.5. The van der Waals surface area contributed by atoms with E-state index in [0.717, 1.165) is 0 Å². The highest BCUT2D eigenvalue weighted by molar-refractivity contribution is 6.02.